The molecule has 1 aliphatic heterocycles. The summed E-state index contributed by atoms with van der Waals surface area (Å²) in [5, 5.41) is 30.9. The minimum absolute atomic E-state index is 0.0664. The molecule has 2 heterocycles. The summed E-state index contributed by atoms with van der Waals surface area (Å²) in [6.45, 7) is 4.53. The van der Waals surface area contributed by atoms with Crippen molar-refractivity contribution in [3.8, 4) is 16.9 Å². The van der Waals surface area contributed by atoms with E-state index in [4.69, 9.17) is 16.3 Å². The summed E-state index contributed by atoms with van der Waals surface area (Å²) in [7, 11) is 0. The Morgan fingerprint density at radius 2 is 1.69 bits per heavy atom. The summed E-state index contributed by atoms with van der Waals surface area (Å²) in [4.78, 5) is 42.3. The number of aromatic hydroxyl groups is 1. The Hall–Kier alpha value is -5.20. The first kappa shape index (κ1) is 36.6. The zero-order valence-electron chi connectivity index (χ0n) is 28.8. The van der Waals surface area contributed by atoms with Crippen LogP contribution in [0.3, 0.4) is 0 Å². The molecule has 6 rings (SSSR count). The number of carbonyl (C=O) groups excluding carboxylic acids is 2. The summed E-state index contributed by atoms with van der Waals surface area (Å²) in [6, 6.07) is 28.9. The van der Waals surface area contributed by atoms with E-state index in [9.17, 15) is 24.6 Å². The third-order valence-electron chi connectivity index (χ3n) is 9.40. The number of hydrogen-bond acceptors (Lipinski definition) is 8. The number of aliphatic hydroxyl groups is 1. The Morgan fingerprint density at radius 1 is 0.942 bits per heavy atom. The number of benzene rings is 4. The second-order valence-electron chi connectivity index (χ2n) is 13.3. The SMILES string of the molecule is CC1(OC(=O)Nc2ccccc2-c2ccccc2)CCN(CCC(=O)Nc2ccc(CNCC(O)c3ccc(O)c4[nH]c(=O)ccc34)cc2Cl)CC1. The predicted octanol–water partition coefficient (Wildman–Crippen LogP) is 6.81. The number of rotatable bonds is 12. The molecule has 1 aromatic heterocycles. The average Bonchev–Trinajstić information content (AvgIpc) is 3.13. The molecule has 2 amide bonds. The number of para-hydroxylation sites is 1. The first-order valence-corrected chi connectivity index (χ1v) is 17.6. The van der Waals surface area contributed by atoms with Crippen LogP contribution in [0.5, 0.6) is 5.75 Å². The molecule has 270 valence electrons. The minimum Gasteiger partial charge on any atom is -0.506 e. The van der Waals surface area contributed by atoms with Gasteiger partial charge in [-0.25, -0.2) is 4.79 Å². The average molecular weight is 724 g/mol. The number of aliphatic hydroxyl groups excluding tert-OH is 1. The van der Waals surface area contributed by atoms with E-state index in [0.717, 1.165) is 16.7 Å². The first-order chi connectivity index (χ1) is 25.1. The Kier molecular flexibility index (Phi) is 11.6. The van der Waals surface area contributed by atoms with Crippen LogP contribution in [0.4, 0.5) is 16.2 Å². The number of hydrogen-bond donors (Lipinski definition) is 6. The van der Waals surface area contributed by atoms with Crippen LogP contribution in [0.15, 0.2) is 102 Å². The molecule has 11 nitrogen and oxygen atoms in total. The molecule has 52 heavy (non-hydrogen) atoms. The van der Waals surface area contributed by atoms with Crippen molar-refractivity contribution >= 4 is 45.9 Å². The van der Waals surface area contributed by atoms with Crippen LogP contribution >= 0.6 is 11.6 Å². The number of carbonyl (C=O) groups is 2. The number of ether oxygens (including phenoxy) is 1. The van der Waals surface area contributed by atoms with Gasteiger partial charge in [0.1, 0.15) is 11.4 Å². The largest absolute Gasteiger partial charge is 0.506 e. The fourth-order valence-corrected chi connectivity index (χ4v) is 6.68. The highest BCUT2D eigenvalue weighted by molar-refractivity contribution is 6.33. The number of halogens is 1. The van der Waals surface area contributed by atoms with Crippen molar-refractivity contribution in [1.82, 2.24) is 15.2 Å². The Bertz CT molecular complexity index is 2100. The molecule has 1 fully saturated rings. The monoisotopic (exact) mass is 723 g/mol. The smallest absolute Gasteiger partial charge is 0.412 e. The number of aromatic amines is 1. The molecule has 0 saturated carbocycles. The lowest BCUT2D eigenvalue weighted by atomic mass is 9.93. The van der Waals surface area contributed by atoms with Crippen molar-refractivity contribution in [2.75, 3.05) is 36.8 Å². The number of fused-ring (bicyclic) bond motifs is 1. The number of H-pyrrole nitrogens is 1. The van der Waals surface area contributed by atoms with Crippen LogP contribution < -0.4 is 21.5 Å². The Morgan fingerprint density at radius 3 is 2.46 bits per heavy atom. The van der Waals surface area contributed by atoms with Crippen LogP contribution in [0, 0.1) is 0 Å². The van der Waals surface area contributed by atoms with E-state index in [2.05, 4.69) is 25.8 Å². The number of likely N-dealkylation sites (tertiary alicyclic amines) is 1. The van der Waals surface area contributed by atoms with Gasteiger partial charge in [0, 0.05) is 56.2 Å². The van der Waals surface area contributed by atoms with Crippen LogP contribution in [-0.2, 0) is 16.1 Å². The molecule has 4 aromatic carbocycles. The van der Waals surface area contributed by atoms with Crippen LogP contribution in [0.2, 0.25) is 5.02 Å². The molecule has 1 atom stereocenters. The highest BCUT2D eigenvalue weighted by Gasteiger charge is 2.34. The van der Waals surface area contributed by atoms with Crippen LogP contribution in [-0.4, -0.2) is 63.9 Å². The molecule has 1 unspecified atom stereocenters. The fraction of sp³-hybridized carbons (Fsp3) is 0.275. The molecule has 5 aromatic rings. The van der Waals surface area contributed by atoms with Gasteiger partial charge in [-0.3, -0.25) is 14.9 Å². The number of phenols is 1. The van der Waals surface area contributed by atoms with Gasteiger partial charge in [0.2, 0.25) is 11.5 Å². The minimum atomic E-state index is -0.892. The number of piperidine rings is 1. The Balaban J connectivity index is 0.923. The number of nitrogens with zero attached hydrogens (tertiary/aromatic N) is 1. The van der Waals surface area contributed by atoms with Crippen molar-refractivity contribution in [2.45, 2.75) is 44.4 Å². The number of nitrogens with one attached hydrogen (secondary N) is 4. The molecular weight excluding hydrogens is 682 g/mol. The number of pyridine rings is 1. The topological polar surface area (TPSA) is 156 Å². The van der Waals surface area contributed by atoms with Crippen molar-refractivity contribution in [3.63, 3.8) is 0 Å². The van der Waals surface area contributed by atoms with E-state index in [-0.39, 0.29) is 35.7 Å². The quantitative estimate of drug-likeness (QED) is 0.0821. The molecule has 1 aliphatic rings. The van der Waals surface area contributed by atoms with Gasteiger partial charge < -0.3 is 35.5 Å². The zero-order valence-corrected chi connectivity index (χ0v) is 29.6. The van der Waals surface area contributed by atoms with Crippen LogP contribution in [0.25, 0.3) is 22.0 Å². The number of anilines is 2. The molecule has 12 heteroatoms. The van der Waals surface area contributed by atoms with Gasteiger partial charge in [-0.15, -0.1) is 0 Å². The van der Waals surface area contributed by atoms with Crippen LogP contribution in [0.1, 0.15) is 43.4 Å². The maximum atomic E-state index is 12.9. The summed E-state index contributed by atoms with van der Waals surface area (Å²) in [5.74, 6) is -0.220. The molecule has 0 bridgehead atoms. The maximum Gasteiger partial charge on any atom is 0.412 e. The Labute approximate surface area is 306 Å². The van der Waals surface area contributed by atoms with E-state index in [1.54, 1.807) is 24.3 Å². The van der Waals surface area contributed by atoms with E-state index in [1.165, 1.54) is 12.1 Å². The summed E-state index contributed by atoms with van der Waals surface area (Å²) >= 11 is 6.51. The van der Waals surface area contributed by atoms with Crippen molar-refractivity contribution in [3.05, 3.63) is 124 Å². The standard InChI is InChI=1S/C40H42ClN5O6/c1-40(52-39(51)44-32-10-6-5-9-28(32)27-7-3-2-4-8-27)18-21-46(22-19-40)20-17-37(50)43-33-14-11-26(23-31(33)41)24-42-25-35(48)29-12-15-34(47)38-30(29)13-16-36(49)45-38/h2-16,23,35,42,47-48H,17-22,24-25H2,1H3,(H,43,50)(H,44,51)(H,45,49). The fourth-order valence-electron chi connectivity index (χ4n) is 6.43. The highest BCUT2D eigenvalue weighted by Crippen LogP contribution is 2.31. The lowest BCUT2D eigenvalue weighted by molar-refractivity contribution is -0.116. The third-order valence-corrected chi connectivity index (χ3v) is 9.71. The molecule has 0 radical (unpaired) electrons. The lowest BCUT2D eigenvalue weighted by Crippen LogP contribution is -2.46. The number of phenolic OH excluding ortho intramolecular Hbond substituents is 1. The maximum absolute atomic E-state index is 12.9. The predicted molar refractivity (Wildman–Crippen MR) is 204 cm³/mol. The second kappa shape index (κ2) is 16.4. The highest BCUT2D eigenvalue weighted by atomic mass is 35.5. The normalized spacial score (nSPS) is 14.8. The van der Waals surface area contributed by atoms with Gasteiger partial charge >= 0.3 is 6.09 Å². The number of aromatic nitrogens is 1. The van der Waals surface area contributed by atoms with Gasteiger partial charge in [-0.05, 0) is 66.8 Å². The van der Waals surface area contributed by atoms with E-state index in [0.29, 0.717) is 66.4 Å². The molecule has 1 saturated heterocycles. The van der Waals surface area contributed by atoms with Crippen molar-refractivity contribution in [1.29, 1.82) is 0 Å². The lowest BCUT2D eigenvalue weighted by Gasteiger charge is -2.38. The van der Waals surface area contributed by atoms with Gasteiger partial charge in [-0.2, -0.15) is 0 Å². The van der Waals surface area contributed by atoms with Crippen molar-refractivity contribution < 1.29 is 24.5 Å². The third kappa shape index (κ3) is 9.17. The number of amides is 2. The summed E-state index contributed by atoms with van der Waals surface area (Å²) < 4.78 is 5.92. The van der Waals surface area contributed by atoms with Gasteiger partial charge in [0.15, 0.2) is 0 Å². The van der Waals surface area contributed by atoms with Gasteiger partial charge in [-0.1, -0.05) is 72.3 Å². The van der Waals surface area contributed by atoms with E-state index < -0.39 is 17.8 Å². The van der Waals surface area contributed by atoms with E-state index in [1.807, 2.05) is 67.6 Å². The molecule has 6 N–H and O–H groups in total. The molecule has 0 aliphatic carbocycles. The van der Waals surface area contributed by atoms with Crippen molar-refractivity contribution in [2.24, 2.45) is 0 Å². The second-order valence-corrected chi connectivity index (χ2v) is 13.7. The molecular formula is C40H42ClN5O6. The van der Waals surface area contributed by atoms with Gasteiger partial charge in [0.05, 0.1) is 28.0 Å². The molecule has 0 spiro atoms. The summed E-state index contributed by atoms with van der Waals surface area (Å²) in [6.07, 6.45) is 0.195. The first-order valence-electron chi connectivity index (χ1n) is 17.3. The van der Waals surface area contributed by atoms with E-state index >= 15 is 0 Å². The summed E-state index contributed by atoms with van der Waals surface area (Å²) in [5.41, 5.74) is 3.88. The van der Waals surface area contributed by atoms with Gasteiger partial charge in [0.25, 0.3) is 0 Å². The zero-order chi connectivity index (χ0) is 36.7.